The average Bonchev–Trinajstić information content (AvgIpc) is 2.29. The maximum absolute atomic E-state index is 12.2. The van der Waals surface area contributed by atoms with E-state index < -0.39 is 16.2 Å². The summed E-state index contributed by atoms with van der Waals surface area (Å²) in [6.07, 6.45) is 0. The monoisotopic (exact) mass is 301 g/mol. The summed E-state index contributed by atoms with van der Waals surface area (Å²) < 4.78 is 27.9. The third-order valence-electron chi connectivity index (χ3n) is 2.51. The van der Waals surface area contributed by atoms with Crippen LogP contribution in [0.15, 0.2) is 18.2 Å². The van der Waals surface area contributed by atoms with Crippen LogP contribution in [-0.4, -0.2) is 32.1 Å². The van der Waals surface area contributed by atoms with E-state index in [1.165, 1.54) is 18.2 Å². The molecule has 0 spiro atoms. The van der Waals surface area contributed by atoms with Crippen LogP contribution < -0.4 is 14.8 Å². The third-order valence-corrected chi connectivity index (χ3v) is 4.31. The summed E-state index contributed by atoms with van der Waals surface area (Å²) in [5, 5.41) is 8.88. The number of hydrogen-bond donors (Lipinski definition) is 3. The first kappa shape index (κ1) is 16.3. The molecule has 1 aromatic rings. The second-order valence-electron chi connectivity index (χ2n) is 4.52. The molecule has 1 aromatic carbocycles. The van der Waals surface area contributed by atoms with E-state index in [2.05, 4.69) is 4.72 Å². The smallest absolute Gasteiger partial charge is 0.335 e. The Labute approximate surface area is 118 Å². The molecule has 1 rings (SSSR count). The highest BCUT2D eigenvalue weighted by molar-refractivity contribution is 7.90. The van der Waals surface area contributed by atoms with Crippen molar-refractivity contribution >= 4 is 27.6 Å². The number of nitrogens with zero attached hydrogens (tertiary/aromatic N) is 1. The normalized spacial score (nSPS) is 11.6. The van der Waals surface area contributed by atoms with E-state index in [0.717, 1.165) is 4.31 Å². The summed E-state index contributed by atoms with van der Waals surface area (Å²) >= 11 is 0. The molecule has 0 heterocycles. The maximum atomic E-state index is 12.2. The largest absolute Gasteiger partial charge is 0.478 e. The predicted molar refractivity (Wildman–Crippen MR) is 78.0 cm³/mol. The number of carboxylic acids is 1. The van der Waals surface area contributed by atoms with Crippen LogP contribution in [0.2, 0.25) is 0 Å². The van der Waals surface area contributed by atoms with Crippen LogP contribution in [0.4, 0.5) is 11.4 Å². The molecule has 0 atom stereocenters. The highest BCUT2D eigenvalue weighted by atomic mass is 32.2. The van der Waals surface area contributed by atoms with Crippen molar-refractivity contribution in [3.63, 3.8) is 0 Å². The van der Waals surface area contributed by atoms with Gasteiger partial charge in [0.2, 0.25) is 0 Å². The molecule has 0 radical (unpaired) electrons. The summed E-state index contributed by atoms with van der Waals surface area (Å²) in [5.41, 5.74) is 6.13. The van der Waals surface area contributed by atoms with Gasteiger partial charge in [0.1, 0.15) is 0 Å². The van der Waals surface area contributed by atoms with Gasteiger partial charge in [0, 0.05) is 12.6 Å². The molecular weight excluding hydrogens is 282 g/mol. The molecular formula is C12H19N3O4S. The van der Waals surface area contributed by atoms with Gasteiger partial charge in [-0.1, -0.05) is 0 Å². The standard InChI is InChI=1S/C12H19N3O4S/c1-4-15(20(18,19)14-8(2)3)11-6-5-9(12(16)17)7-10(11)13/h5-8,14H,4,13H2,1-3H3,(H,16,17). The molecule has 0 amide bonds. The molecule has 0 aromatic heterocycles. The van der Waals surface area contributed by atoms with Crippen molar-refractivity contribution in [3.05, 3.63) is 23.8 Å². The molecule has 0 aliphatic carbocycles. The molecule has 0 saturated heterocycles. The fourth-order valence-electron chi connectivity index (χ4n) is 1.75. The molecule has 4 N–H and O–H groups in total. The van der Waals surface area contributed by atoms with Crippen LogP contribution in [0.1, 0.15) is 31.1 Å². The van der Waals surface area contributed by atoms with Gasteiger partial charge in [-0.25, -0.2) is 4.79 Å². The van der Waals surface area contributed by atoms with Gasteiger partial charge in [0.25, 0.3) is 0 Å². The molecule has 0 unspecified atom stereocenters. The van der Waals surface area contributed by atoms with Gasteiger partial charge in [-0.2, -0.15) is 13.1 Å². The van der Waals surface area contributed by atoms with Crippen LogP contribution >= 0.6 is 0 Å². The van der Waals surface area contributed by atoms with Gasteiger partial charge in [0.15, 0.2) is 0 Å². The van der Waals surface area contributed by atoms with Crippen LogP contribution in [0.25, 0.3) is 0 Å². The molecule has 20 heavy (non-hydrogen) atoms. The topological polar surface area (TPSA) is 113 Å². The minimum Gasteiger partial charge on any atom is -0.478 e. The van der Waals surface area contributed by atoms with Crippen molar-refractivity contribution in [2.24, 2.45) is 0 Å². The zero-order valence-electron chi connectivity index (χ0n) is 11.6. The summed E-state index contributed by atoms with van der Waals surface area (Å²) in [5.74, 6) is -1.12. The number of benzene rings is 1. The van der Waals surface area contributed by atoms with Crippen molar-refractivity contribution in [1.82, 2.24) is 4.72 Å². The maximum Gasteiger partial charge on any atom is 0.335 e. The summed E-state index contributed by atoms with van der Waals surface area (Å²) in [6.45, 7) is 5.27. The Morgan fingerprint density at radius 3 is 2.45 bits per heavy atom. The summed E-state index contributed by atoms with van der Waals surface area (Å²) in [4.78, 5) is 10.8. The van der Waals surface area contributed by atoms with Crippen molar-refractivity contribution < 1.29 is 18.3 Å². The summed E-state index contributed by atoms with van der Waals surface area (Å²) in [6, 6.07) is 3.70. The van der Waals surface area contributed by atoms with E-state index in [1.807, 2.05) is 0 Å². The number of nitrogens with one attached hydrogen (secondary N) is 1. The number of carboxylic acid groups (broad SMARTS) is 1. The second kappa shape index (κ2) is 6.10. The Hall–Kier alpha value is -1.80. The van der Waals surface area contributed by atoms with E-state index in [9.17, 15) is 13.2 Å². The zero-order valence-corrected chi connectivity index (χ0v) is 12.4. The lowest BCUT2D eigenvalue weighted by molar-refractivity contribution is 0.0697. The van der Waals surface area contributed by atoms with Crippen molar-refractivity contribution in [3.8, 4) is 0 Å². The number of nitrogen functional groups attached to an aromatic ring is 1. The lowest BCUT2D eigenvalue weighted by Gasteiger charge is -2.25. The number of anilines is 2. The number of rotatable bonds is 6. The lowest BCUT2D eigenvalue weighted by atomic mass is 10.2. The quantitative estimate of drug-likeness (QED) is 0.679. The highest BCUT2D eigenvalue weighted by Gasteiger charge is 2.23. The molecule has 112 valence electrons. The van der Waals surface area contributed by atoms with Gasteiger partial charge in [0.05, 0.1) is 16.9 Å². The third kappa shape index (κ3) is 3.61. The first-order chi connectivity index (χ1) is 9.19. The molecule has 0 bridgehead atoms. The lowest BCUT2D eigenvalue weighted by Crippen LogP contribution is -2.44. The zero-order chi connectivity index (χ0) is 15.5. The van der Waals surface area contributed by atoms with Crippen LogP contribution in [-0.2, 0) is 10.2 Å². The Bertz CT molecular complexity index is 599. The Balaban J connectivity index is 3.23. The van der Waals surface area contributed by atoms with Crippen LogP contribution in [0.3, 0.4) is 0 Å². The minimum absolute atomic E-state index is 0.0107. The summed E-state index contributed by atoms with van der Waals surface area (Å²) in [7, 11) is -3.72. The predicted octanol–water partition coefficient (Wildman–Crippen LogP) is 1.04. The molecule has 0 aliphatic heterocycles. The minimum atomic E-state index is -3.72. The Morgan fingerprint density at radius 2 is 2.05 bits per heavy atom. The van der Waals surface area contributed by atoms with E-state index in [-0.39, 0.29) is 29.5 Å². The second-order valence-corrected chi connectivity index (χ2v) is 6.15. The molecule has 7 nitrogen and oxygen atoms in total. The number of aromatic carboxylic acids is 1. The van der Waals surface area contributed by atoms with Gasteiger partial charge >= 0.3 is 16.2 Å². The molecule has 0 fully saturated rings. The number of hydrogen-bond acceptors (Lipinski definition) is 4. The average molecular weight is 301 g/mol. The van der Waals surface area contributed by atoms with Crippen molar-refractivity contribution in [2.75, 3.05) is 16.6 Å². The van der Waals surface area contributed by atoms with E-state index in [4.69, 9.17) is 10.8 Å². The van der Waals surface area contributed by atoms with Gasteiger partial charge < -0.3 is 10.8 Å². The SMILES string of the molecule is CCN(c1ccc(C(=O)O)cc1N)S(=O)(=O)NC(C)C. The molecule has 0 aliphatic rings. The fourth-order valence-corrected chi connectivity index (χ4v) is 3.23. The van der Waals surface area contributed by atoms with Crippen LogP contribution in [0, 0.1) is 0 Å². The van der Waals surface area contributed by atoms with Crippen molar-refractivity contribution in [2.45, 2.75) is 26.8 Å². The van der Waals surface area contributed by atoms with Gasteiger partial charge in [-0.15, -0.1) is 0 Å². The molecule has 0 saturated carbocycles. The molecule has 8 heteroatoms. The number of carbonyl (C=O) groups is 1. The van der Waals surface area contributed by atoms with Crippen molar-refractivity contribution in [1.29, 1.82) is 0 Å². The van der Waals surface area contributed by atoms with Gasteiger partial charge in [-0.3, -0.25) is 4.31 Å². The van der Waals surface area contributed by atoms with E-state index >= 15 is 0 Å². The number of nitrogens with two attached hydrogens (primary N) is 1. The van der Waals surface area contributed by atoms with Crippen LogP contribution in [0.5, 0.6) is 0 Å². The van der Waals surface area contributed by atoms with E-state index in [1.54, 1.807) is 20.8 Å². The Kier molecular flexibility index (Phi) is 4.96. The first-order valence-corrected chi connectivity index (χ1v) is 7.55. The fraction of sp³-hybridized carbons (Fsp3) is 0.417. The Morgan fingerprint density at radius 1 is 1.45 bits per heavy atom. The van der Waals surface area contributed by atoms with E-state index in [0.29, 0.717) is 0 Å². The first-order valence-electron chi connectivity index (χ1n) is 6.11. The highest BCUT2D eigenvalue weighted by Crippen LogP contribution is 2.26. The van der Waals surface area contributed by atoms with Gasteiger partial charge in [-0.05, 0) is 39.0 Å².